The van der Waals surface area contributed by atoms with E-state index < -0.39 is 0 Å². The number of hydrogen-bond acceptors (Lipinski definition) is 2. The number of aliphatic hydroxyl groups is 1. The second-order valence-corrected chi connectivity index (χ2v) is 5.30. The van der Waals surface area contributed by atoms with Crippen molar-refractivity contribution in [2.75, 3.05) is 0 Å². The van der Waals surface area contributed by atoms with Crippen molar-refractivity contribution < 1.29 is 5.11 Å². The summed E-state index contributed by atoms with van der Waals surface area (Å²) in [5.41, 5.74) is 0. The molecule has 0 fully saturated rings. The van der Waals surface area contributed by atoms with Gasteiger partial charge in [-0.1, -0.05) is 20.3 Å². The largest absolute Gasteiger partial charge is 0.392 e. The highest BCUT2D eigenvalue weighted by Gasteiger charge is 2.13. The van der Waals surface area contributed by atoms with E-state index in [-0.39, 0.29) is 6.10 Å². The highest BCUT2D eigenvalue weighted by Crippen LogP contribution is 2.23. The minimum Gasteiger partial charge on any atom is -0.392 e. The first-order chi connectivity index (χ1) is 6.13. The Morgan fingerprint density at radius 3 is 2.77 bits per heavy atom. The Balaban J connectivity index is 2.49. The lowest BCUT2D eigenvalue weighted by Crippen LogP contribution is -2.18. The highest BCUT2D eigenvalue weighted by atomic mass is 79.9. The first-order valence-corrected chi connectivity index (χ1v) is 6.21. The van der Waals surface area contributed by atoms with Crippen LogP contribution in [-0.2, 0) is 6.42 Å². The fourth-order valence-electron chi connectivity index (χ4n) is 1.14. The maximum absolute atomic E-state index is 9.77. The Morgan fingerprint density at radius 1 is 1.62 bits per heavy atom. The van der Waals surface area contributed by atoms with Crippen LogP contribution >= 0.6 is 27.3 Å². The maximum Gasteiger partial charge on any atom is 0.0613 e. The number of rotatable bonds is 4. The van der Waals surface area contributed by atoms with Gasteiger partial charge in [0.05, 0.1) is 6.10 Å². The zero-order chi connectivity index (χ0) is 9.84. The van der Waals surface area contributed by atoms with Crippen LogP contribution in [-0.4, -0.2) is 11.2 Å². The predicted octanol–water partition coefficient (Wildman–Crippen LogP) is 3.46. The molecule has 1 aromatic heterocycles. The summed E-state index contributed by atoms with van der Waals surface area (Å²) in [6.07, 6.45) is 1.62. The third-order valence-electron chi connectivity index (χ3n) is 2.33. The van der Waals surface area contributed by atoms with Crippen LogP contribution in [0.3, 0.4) is 0 Å². The minimum atomic E-state index is -0.199. The average molecular weight is 263 g/mol. The molecule has 0 aromatic carbocycles. The SMILES string of the molecule is CCC(C)C(O)Cc1cc(Br)cs1. The summed E-state index contributed by atoms with van der Waals surface area (Å²) < 4.78 is 1.11. The van der Waals surface area contributed by atoms with Crippen LogP contribution in [0.15, 0.2) is 15.9 Å². The number of aliphatic hydroxyl groups excluding tert-OH is 1. The lowest BCUT2D eigenvalue weighted by atomic mass is 9.99. The van der Waals surface area contributed by atoms with Crippen LogP contribution in [0.5, 0.6) is 0 Å². The molecule has 1 N–H and O–H groups in total. The lowest BCUT2D eigenvalue weighted by Gasteiger charge is -2.15. The molecule has 0 aliphatic carbocycles. The summed E-state index contributed by atoms with van der Waals surface area (Å²) in [4.78, 5) is 1.25. The third kappa shape index (κ3) is 3.41. The Kier molecular flexibility index (Phi) is 4.42. The molecule has 1 nitrogen and oxygen atoms in total. The molecule has 1 rings (SSSR count). The third-order valence-corrected chi connectivity index (χ3v) is 4.05. The summed E-state index contributed by atoms with van der Waals surface area (Å²) in [5.74, 6) is 0.390. The van der Waals surface area contributed by atoms with Crippen molar-refractivity contribution in [3.63, 3.8) is 0 Å². The van der Waals surface area contributed by atoms with Crippen molar-refractivity contribution in [3.05, 3.63) is 20.8 Å². The summed E-state index contributed by atoms with van der Waals surface area (Å²) in [5, 5.41) is 11.8. The topological polar surface area (TPSA) is 20.2 Å². The molecule has 0 saturated heterocycles. The van der Waals surface area contributed by atoms with E-state index in [2.05, 4.69) is 41.2 Å². The van der Waals surface area contributed by atoms with Gasteiger partial charge in [0, 0.05) is 21.2 Å². The van der Waals surface area contributed by atoms with E-state index in [1.165, 1.54) is 4.88 Å². The van der Waals surface area contributed by atoms with Crippen LogP contribution in [0, 0.1) is 5.92 Å². The molecule has 1 heterocycles. The van der Waals surface area contributed by atoms with Crippen molar-refractivity contribution in [2.45, 2.75) is 32.8 Å². The second-order valence-electron chi connectivity index (χ2n) is 3.39. The summed E-state index contributed by atoms with van der Waals surface area (Å²) in [6.45, 7) is 4.20. The first-order valence-electron chi connectivity index (χ1n) is 4.54. The van der Waals surface area contributed by atoms with Gasteiger partial charge >= 0.3 is 0 Å². The fraction of sp³-hybridized carbons (Fsp3) is 0.600. The standard InChI is InChI=1S/C10H15BrOS/c1-3-7(2)10(12)5-9-4-8(11)6-13-9/h4,6-7,10,12H,3,5H2,1-2H3. The molecule has 0 bridgehead atoms. The zero-order valence-corrected chi connectivity index (χ0v) is 10.4. The molecule has 0 spiro atoms. The van der Waals surface area contributed by atoms with E-state index in [4.69, 9.17) is 0 Å². The normalized spacial score (nSPS) is 15.7. The van der Waals surface area contributed by atoms with Crippen molar-refractivity contribution in [3.8, 4) is 0 Å². The van der Waals surface area contributed by atoms with Gasteiger partial charge in [0.1, 0.15) is 0 Å². The minimum absolute atomic E-state index is 0.199. The quantitative estimate of drug-likeness (QED) is 0.882. The zero-order valence-electron chi connectivity index (χ0n) is 7.96. The van der Waals surface area contributed by atoms with Crippen LogP contribution < -0.4 is 0 Å². The second kappa shape index (κ2) is 5.13. The van der Waals surface area contributed by atoms with Crippen LogP contribution in [0.25, 0.3) is 0 Å². The summed E-state index contributed by atoms with van der Waals surface area (Å²) in [6, 6.07) is 2.08. The molecule has 0 amide bonds. The van der Waals surface area contributed by atoms with E-state index in [0.717, 1.165) is 17.3 Å². The molecule has 3 heteroatoms. The van der Waals surface area contributed by atoms with Gasteiger partial charge in [-0.05, 0) is 27.9 Å². The summed E-state index contributed by atoms with van der Waals surface area (Å²) in [7, 11) is 0. The van der Waals surface area contributed by atoms with E-state index in [9.17, 15) is 5.11 Å². The van der Waals surface area contributed by atoms with Gasteiger partial charge in [-0.3, -0.25) is 0 Å². The molecular weight excluding hydrogens is 248 g/mol. The van der Waals surface area contributed by atoms with Gasteiger partial charge in [0.15, 0.2) is 0 Å². The Bertz CT molecular complexity index is 259. The first kappa shape index (κ1) is 11.2. The average Bonchev–Trinajstić information content (AvgIpc) is 2.49. The Labute approximate surface area is 91.9 Å². The summed E-state index contributed by atoms with van der Waals surface area (Å²) >= 11 is 5.10. The Hall–Kier alpha value is 0.140. The molecular formula is C10H15BrOS. The van der Waals surface area contributed by atoms with Crippen molar-refractivity contribution >= 4 is 27.3 Å². The molecule has 1 aromatic rings. The van der Waals surface area contributed by atoms with E-state index in [1.54, 1.807) is 11.3 Å². The van der Waals surface area contributed by atoms with Crippen LogP contribution in [0.1, 0.15) is 25.1 Å². The maximum atomic E-state index is 9.77. The molecule has 0 aliphatic heterocycles. The van der Waals surface area contributed by atoms with Crippen LogP contribution in [0.4, 0.5) is 0 Å². The van der Waals surface area contributed by atoms with Gasteiger partial charge in [0.2, 0.25) is 0 Å². The van der Waals surface area contributed by atoms with Crippen molar-refractivity contribution in [1.29, 1.82) is 0 Å². The smallest absolute Gasteiger partial charge is 0.0613 e. The number of thiophene rings is 1. The molecule has 13 heavy (non-hydrogen) atoms. The molecule has 74 valence electrons. The molecule has 0 radical (unpaired) electrons. The van der Waals surface area contributed by atoms with E-state index in [1.807, 2.05) is 0 Å². The molecule has 2 atom stereocenters. The fourth-order valence-corrected chi connectivity index (χ4v) is 2.64. The predicted molar refractivity (Wildman–Crippen MR) is 61.2 cm³/mol. The van der Waals surface area contributed by atoms with E-state index in [0.29, 0.717) is 5.92 Å². The molecule has 0 saturated carbocycles. The van der Waals surface area contributed by atoms with Crippen molar-refractivity contribution in [1.82, 2.24) is 0 Å². The lowest BCUT2D eigenvalue weighted by molar-refractivity contribution is 0.115. The van der Waals surface area contributed by atoms with Crippen LogP contribution in [0.2, 0.25) is 0 Å². The molecule has 2 unspecified atom stereocenters. The van der Waals surface area contributed by atoms with Crippen molar-refractivity contribution in [2.24, 2.45) is 5.92 Å². The number of hydrogen-bond donors (Lipinski definition) is 1. The van der Waals surface area contributed by atoms with E-state index >= 15 is 0 Å². The van der Waals surface area contributed by atoms with Gasteiger partial charge in [-0.2, -0.15) is 0 Å². The number of halogens is 1. The van der Waals surface area contributed by atoms with Gasteiger partial charge < -0.3 is 5.11 Å². The monoisotopic (exact) mass is 262 g/mol. The van der Waals surface area contributed by atoms with Gasteiger partial charge in [0.25, 0.3) is 0 Å². The Morgan fingerprint density at radius 2 is 2.31 bits per heavy atom. The highest BCUT2D eigenvalue weighted by molar-refractivity contribution is 9.10. The molecule has 0 aliphatic rings. The van der Waals surface area contributed by atoms with Gasteiger partial charge in [-0.15, -0.1) is 11.3 Å². The van der Waals surface area contributed by atoms with Gasteiger partial charge in [-0.25, -0.2) is 0 Å².